The molecule has 0 N–H and O–H groups in total. The van der Waals surface area contributed by atoms with Crippen LogP contribution < -0.4 is 0 Å². The Bertz CT molecular complexity index is 130. The smallest absolute Gasteiger partial charge is 0.0906 e. The summed E-state index contributed by atoms with van der Waals surface area (Å²) in [5.74, 6) is 0. The molecule has 72 valence electrons. The summed E-state index contributed by atoms with van der Waals surface area (Å²) < 4.78 is 5.80. The molecule has 1 aliphatic heterocycles. The van der Waals surface area contributed by atoms with Gasteiger partial charge in [0, 0.05) is 19.7 Å². The molecule has 1 heterocycles. The van der Waals surface area contributed by atoms with Crippen molar-refractivity contribution >= 4 is 0 Å². The maximum atomic E-state index is 5.80. The van der Waals surface area contributed by atoms with Gasteiger partial charge in [0.25, 0.3) is 0 Å². The summed E-state index contributed by atoms with van der Waals surface area (Å²) in [4.78, 5) is 2.41. The Hall–Kier alpha value is -0.0800. The average molecular weight is 171 g/mol. The summed E-state index contributed by atoms with van der Waals surface area (Å²) >= 11 is 0. The SMILES string of the molecule is CCCCOC1(C)CN(CC)C1. The van der Waals surface area contributed by atoms with Crippen LogP contribution in [-0.4, -0.2) is 36.7 Å². The standard InChI is InChI=1S/C10H21NO/c1-4-6-7-12-10(3)8-11(5-2)9-10/h4-9H2,1-3H3. The van der Waals surface area contributed by atoms with Gasteiger partial charge in [-0.3, -0.25) is 4.90 Å². The predicted molar refractivity (Wildman–Crippen MR) is 51.4 cm³/mol. The van der Waals surface area contributed by atoms with Gasteiger partial charge in [-0.1, -0.05) is 20.3 Å². The summed E-state index contributed by atoms with van der Waals surface area (Å²) in [7, 11) is 0. The summed E-state index contributed by atoms with van der Waals surface area (Å²) in [5.41, 5.74) is 0.172. The summed E-state index contributed by atoms with van der Waals surface area (Å²) in [6.07, 6.45) is 2.43. The lowest BCUT2D eigenvalue weighted by Crippen LogP contribution is -2.61. The Labute approximate surface area is 75.9 Å². The number of rotatable bonds is 5. The zero-order valence-electron chi connectivity index (χ0n) is 8.60. The number of likely N-dealkylation sites (tertiary alicyclic amines) is 1. The molecule has 0 aromatic rings. The number of likely N-dealkylation sites (N-methyl/N-ethyl adjacent to an activating group) is 1. The highest BCUT2D eigenvalue weighted by atomic mass is 16.5. The molecule has 0 radical (unpaired) electrons. The molecule has 0 spiro atoms. The summed E-state index contributed by atoms with van der Waals surface area (Å²) in [6, 6.07) is 0. The first kappa shape index (κ1) is 10.0. The van der Waals surface area contributed by atoms with Gasteiger partial charge < -0.3 is 4.74 Å². The van der Waals surface area contributed by atoms with Crippen molar-refractivity contribution in [3.63, 3.8) is 0 Å². The lowest BCUT2D eigenvalue weighted by molar-refractivity contribution is -0.130. The third-order valence-electron chi connectivity index (χ3n) is 2.51. The number of unbranched alkanes of at least 4 members (excludes halogenated alkanes) is 1. The first-order valence-electron chi connectivity index (χ1n) is 5.06. The van der Waals surface area contributed by atoms with E-state index in [1.807, 2.05) is 0 Å². The van der Waals surface area contributed by atoms with Crippen molar-refractivity contribution in [1.29, 1.82) is 0 Å². The molecule has 1 aliphatic rings. The number of hydrogen-bond donors (Lipinski definition) is 0. The molecule has 0 atom stereocenters. The second-order valence-corrected chi connectivity index (χ2v) is 3.96. The van der Waals surface area contributed by atoms with E-state index in [4.69, 9.17) is 4.74 Å². The first-order valence-corrected chi connectivity index (χ1v) is 5.06. The van der Waals surface area contributed by atoms with E-state index in [0.717, 1.165) is 26.2 Å². The fourth-order valence-electron chi connectivity index (χ4n) is 1.68. The van der Waals surface area contributed by atoms with Gasteiger partial charge in [0.15, 0.2) is 0 Å². The quantitative estimate of drug-likeness (QED) is 0.586. The Morgan fingerprint density at radius 3 is 2.50 bits per heavy atom. The molecule has 12 heavy (non-hydrogen) atoms. The van der Waals surface area contributed by atoms with Crippen LogP contribution >= 0.6 is 0 Å². The third-order valence-corrected chi connectivity index (χ3v) is 2.51. The van der Waals surface area contributed by atoms with Crippen molar-refractivity contribution in [2.24, 2.45) is 0 Å². The second kappa shape index (κ2) is 4.24. The van der Waals surface area contributed by atoms with Crippen LogP contribution in [0.25, 0.3) is 0 Å². The zero-order valence-corrected chi connectivity index (χ0v) is 8.60. The molecule has 0 aromatic heterocycles. The summed E-state index contributed by atoms with van der Waals surface area (Å²) in [5, 5.41) is 0. The maximum Gasteiger partial charge on any atom is 0.0906 e. The van der Waals surface area contributed by atoms with E-state index in [2.05, 4.69) is 25.7 Å². The zero-order chi connectivity index (χ0) is 9.03. The van der Waals surface area contributed by atoms with Gasteiger partial charge in [0.2, 0.25) is 0 Å². The van der Waals surface area contributed by atoms with Gasteiger partial charge in [-0.15, -0.1) is 0 Å². The lowest BCUT2D eigenvalue weighted by atomic mass is 9.96. The first-order chi connectivity index (χ1) is 5.70. The Kier molecular flexibility index (Phi) is 3.53. The number of nitrogens with zero attached hydrogens (tertiary/aromatic N) is 1. The van der Waals surface area contributed by atoms with Crippen molar-refractivity contribution < 1.29 is 4.74 Å². The van der Waals surface area contributed by atoms with E-state index < -0.39 is 0 Å². The highest BCUT2D eigenvalue weighted by Gasteiger charge is 2.38. The van der Waals surface area contributed by atoms with Gasteiger partial charge in [-0.25, -0.2) is 0 Å². The predicted octanol–water partition coefficient (Wildman–Crippen LogP) is 1.90. The van der Waals surface area contributed by atoms with Gasteiger partial charge in [0.1, 0.15) is 0 Å². The molecular weight excluding hydrogens is 150 g/mol. The number of hydrogen-bond acceptors (Lipinski definition) is 2. The fourth-order valence-corrected chi connectivity index (χ4v) is 1.68. The average Bonchev–Trinajstić information content (AvgIpc) is 2.00. The van der Waals surface area contributed by atoms with Crippen LogP contribution in [-0.2, 0) is 4.74 Å². The molecule has 0 bridgehead atoms. The second-order valence-electron chi connectivity index (χ2n) is 3.96. The fraction of sp³-hybridized carbons (Fsp3) is 1.00. The largest absolute Gasteiger partial charge is 0.373 e. The van der Waals surface area contributed by atoms with Crippen molar-refractivity contribution in [1.82, 2.24) is 4.90 Å². The van der Waals surface area contributed by atoms with E-state index in [1.165, 1.54) is 12.8 Å². The maximum absolute atomic E-state index is 5.80. The van der Waals surface area contributed by atoms with E-state index in [9.17, 15) is 0 Å². The topological polar surface area (TPSA) is 12.5 Å². The molecular formula is C10H21NO. The molecule has 0 amide bonds. The van der Waals surface area contributed by atoms with E-state index in [-0.39, 0.29) is 5.60 Å². The minimum atomic E-state index is 0.172. The molecule has 2 heteroatoms. The molecule has 0 saturated carbocycles. The third kappa shape index (κ3) is 2.46. The summed E-state index contributed by atoms with van der Waals surface area (Å²) in [6.45, 7) is 10.9. The monoisotopic (exact) mass is 171 g/mol. The van der Waals surface area contributed by atoms with Crippen molar-refractivity contribution in [2.75, 3.05) is 26.2 Å². The Balaban J connectivity index is 2.08. The van der Waals surface area contributed by atoms with Crippen LogP contribution in [0.2, 0.25) is 0 Å². The molecule has 1 rings (SSSR count). The van der Waals surface area contributed by atoms with Gasteiger partial charge in [0.05, 0.1) is 5.60 Å². The van der Waals surface area contributed by atoms with Gasteiger partial charge in [-0.05, 0) is 19.9 Å². The minimum Gasteiger partial charge on any atom is -0.373 e. The number of ether oxygens (including phenoxy) is 1. The minimum absolute atomic E-state index is 0.172. The molecule has 0 unspecified atom stereocenters. The normalized spacial score (nSPS) is 22.2. The van der Waals surface area contributed by atoms with Crippen molar-refractivity contribution in [3.05, 3.63) is 0 Å². The molecule has 1 saturated heterocycles. The highest BCUT2D eigenvalue weighted by molar-refractivity contribution is 4.92. The highest BCUT2D eigenvalue weighted by Crippen LogP contribution is 2.24. The van der Waals surface area contributed by atoms with Crippen molar-refractivity contribution in [3.8, 4) is 0 Å². The van der Waals surface area contributed by atoms with Crippen LogP contribution in [0.3, 0.4) is 0 Å². The molecule has 1 fully saturated rings. The van der Waals surface area contributed by atoms with E-state index >= 15 is 0 Å². The van der Waals surface area contributed by atoms with Crippen LogP contribution in [0.1, 0.15) is 33.6 Å². The van der Waals surface area contributed by atoms with E-state index in [0.29, 0.717) is 0 Å². The van der Waals surface area contributed by atoms with Gasteiger partial charge >= 0.3 is 0 Å². The van der Waals surface area contributed by atoms with Crippen LogP contribution in [0.5, 0.6) is 0 Å². The van der Waals surface area contributed by atoms with Crippen LogP contribution in [0.4, 0.5) is 0 Å². The molecule has 2 nitrogen and oxygen atoms in total. The Morgan fingerprint density at radius 1 is 1.33 bits per heavy atom. The van der Waals surface area contributed by atoms with Crippen molar-refractivity contribution in [2.45, 2.75) is 39.2 Å². The van der Waals surface area contributed by atoms with Gasteiger partial charge in [-0.2, -0.15) is 0 Å². The Morgan fingerprint density at radius 2 is 2.00 bits per heavy atom. The van der Waals surface area contributed by atoms with Crippen LogP contribution in [0.15, 0.2) is 0 Å². The molecule has 0 aromatic carbocycles. The molecule has 0 aliphatic carbocycles. The van der Waals surface area contributed by atoms with E-state index in [1.54, 1.807) is 0 Å². The lowest BCUT2D eigenvalue weighted by Gasteiger charge is -2.47. The van der Waals surface area contributed by atoms with Crippen LogP contribution in [0, 0.1) is 0 Å².